The van der Waals surface area contributed by atoms with Gasteiger partial charge in [-0.25, -0.2) is 4.79 Å². The number of carbonyl (C=O) groups is 1. The number of carbonyl (C=O) groups excluding carboxylic acids is 1. The lowest BCUT2D eigenvalue weighted by Gasteiger charge is -2.25. The highest BCUT2D eigenvalue weighted by molar-refractivity contribution is 5.68. The Balaban J connectivity index is 2.25. The highest BCUT2D eigenvalue weighted by Gasteiger charge is 2.33. The molecule has 1 aliphatic rings. The summed E-state index contributed by atoms with van der Waals surface area (Å²) in [6.07, 6.45) is 8.58. The molecule has 130 valence electrons. The van der Waals surface area contributed by atoms with Crippen LogP contribution in [0.3, 0.4) is 0 Å². The van der Waals surface area contributed by atoms with Crippen molar-refractivity contribution in [1.82, 2.24) is 10.6 Å². The number of ether oxygens (including phenoxy) is 1. The summed E-state index contributed by atoms with van der Waals surface area (Å²) in [6, 6.07) is 0.714. The fourth-order valence-electron chi connectivity index (χ4n) is 2.60. The van der Waals surface area contributed by atoms with E-state index in [4.69, 9.17) is 4.74 Å². The number of amides is 1. The SMILES string of the molecule is CCCCCCC(C)NCC(NC(=O)OC(C)(C)C)C1CC1. The molecule has 2 N–H and O–H groups in total. The molecule has 2 atom stereocenters. The first-order chi connectivity index (χ1) is 10.3. The second-order valence-corrected chi connectivity index (χ2v) is 7.75. The van der Waals surface area contributed by atoms with Crippen LogP contribution in [0.5, 0.6) is 0 Å². The van der Waals surface area contributed by atoms with Gasteiger partial charge in [-0.1, -0.05) is 32.6 Å². The molecule has 1 fully saturated rings. The van der Waals surface area contributed by atoms with Crippen LogP contribution in [0, 0.1) is 5.92 Å². The van der Waals surface area contributed by atoms with E-state index in [2.05, 4.69) is 24.5 Å². The van der Waals surface area contributed by atoms with Crippen LogP contribution in [0.25, 0.3) is 0 Å². The van der Waals surface area contributed by atoms with Crippen LogP contribution in [0.4, 0.5) is 4.79 Å². The van der Waals surface area contributed by atoms with Crippen LogP contribution in [0.2, 0.25) is 0 Å². The van der Waals surface area contributed by atoms with E-state index in [0.29, 0.717) is 12.0 Å². The summed E-state index contributed by atoms with van der Waals surface area (Å²) in [5.41, 5.74) is -0.432. The minimum absolute atomic E-state index is 0.202. The van der Waals surface area contributed by atoms with Crippen LogP contribution < -0.4 is 10.6 Å². The zero-order chi connectivity index (χ0) is 16.6. The monoisotopic (exact) mass is 312 g/mol. The van der Waals surface area contributed by atoms with E-state index in [9.17, 15) is 4.79 Å². The van der Waals surface area contributed by atoms with E-state index in [1.807, 2.05) is 20.8 Å². The standard InChI is InChI=1S/C18H36N2O2/c1-6-7-8-9-10-14(2)19-13-16(15-11-12-15)20-17(21)22-18(3,4)5/h14-16,19H,6-13H2,1-5H3,(H,20,21). The quantitative estimate of drug-likeness (QED) is 0.593. The van der Waals surface area contributed by atoms with Crippen molar-refractivity contribution in [3.05, 3.63) is 0 Å². The highest BCUT2D eigenvalue weighted by atomic mass is 16.6. The van der Waals surface area contributed by atoms with Crippen LogP contribution in [0.1, 0.15) is 79.6 Å². The summed E-state index contributed by atoms with van der Waals surface area (Å²) in [7, 11) is 0. The molecule has 22 heavy (non-hydrogen) atoms. The van der Waals surface area contributed by atoms with Crippen molar-refractivity contribution in [3.8, 4) is 0 Å². The molecule has 0 saturated heterocycles. The maximum Gasteiger partial charge on any atom is 0.407 e. The Morgan fingerprint density at radius 2 is 1.91 bits per heavy atom. The summed E-state index contributed by atoms with van der Waals surface area (Å²) < 4.78 is 5.37. The minimum atomic E-state index is -0.432. The lowest BCUT2D eigenvalue weighted by Crippen LogP contribution is -2.47. The predicted octanol–water partition coefficient (Wildman–Crippen LogP) is 4.24. The smallest absolute Gasteiger partial charge is 0.407 e. The van der Waals surface area contributed by atoms with Crippen LogP contribution in [-0.2, 0) is 4.74 Å². The molecule has 4 heteroatoms. The Morgan fingerprint density at radius 3 is 2.45 bits per heavy atom. The molecule has 2 unspecified atom stereocenters. The fourth-order valence-corrected chi connectivity index (χ4v) is 2.60. The first-order valence-corrected chi connectivity index (χ1v) is 9.04. The van der Waals surface area contributed by atoms with Crippen molar-refractivity contribution in [2.45, 2.75) is 97.2 Å². The van der Waals surface area contributed by atoms with Crippen LogP contribution in [0.15, 0.2) is 0 Å². The van der Waals surface area contributed by atoms with Crippen molar-refractivity contribution >= 4 is 6.09 Å². The molecule has 0 bridgehead atoms. The van der Waals surface area contributed by atoms with Crippen molar-refractivity contribution in [1.29, 1.82) is 0 Å². The van der Waals surface area contributed by atoms with Gasteiger partial charge in [0.05, 0.1) is 0 Å². The third-order valence-corrected chi connectivity index (χ3v) is 4.07. The van der Waals surface area contributed by atoms with Gasteiger partial charge in [-0.15, -0.1) is 0 Å². The molecule has 1 amide bonds. The maximum atomic E-state index is 11.9. The second-order valence-electron chi connectivity index (χ2n) is 7.75. The molecule has 1 saturated carbocycles. The summed E-state index contributed by atoms with van der Waals surface area (Å²) >= 11 is 0. The molecule has 0 aliphatic heterocycles. The van der Waals surface area contributed by atoms with E-state index in [0.717, 1.165) is 6.54 Å². The van der Waals surface area contributed by atoms with E-state index in [-0.39, 0.29) is 12.1 Å². The lowest BCUT2D eigenvalue weighted by molar-refractivity contribution is 0.0496. The number of nitrogens with one attached hydrogen (secondary N) is 2. The average Bonchev–Trinajstić information content (AvgIpc) is 3.22. The lowest BCUT2D eigenvalue weighted by atomic mass is 10.1. The van der Waals surface area contributed by atoms with Crippen molar-refractivity contribution < 1.29 is 9.53 Å². The van der Waals surface area contributed by atoms with Crippen molar-refractivity contribution in [2.24, 2.45) is 5.92 Å². The highest BCUT2D eigenvalue weighted by Crippen LogP contribution is 2.32. The van der Waals surface area contributed by atoms with Crippen LogP contribution in [-0.4, -0.2) is 30.3 Å². The number of hydrogen-bond donors (Lipinski definition) is 2. The van der Waals surface area contributed by atoms with Gasteiger partial charge in [0.15, 0.2) is 0 Å². The Hall–Kier alpha value is -0.770. The van der Waals surface area contributed by atoms with Gasteiger partial charge in [0.1, 0.15) is 5.60 Å². The van der Waals surface area contributed by atoms with Crippen molar-refractivity contribution in [2.75, 3.05) is 6.54 Å². The van der Waals surface area contributed by atoms with E-state index in [1.54, 1.807) is 0 Å². The zero-order valence-electron chi connectivity index (χ0n) is 15.2. The Bertz CT molecular complexity index is 322. The summed E-state index contributed by atoms with van der Waals surface area (Å²) in [6.45, 7) is 11.0. The molecule has 1 aliphatic carbocycles. The number of alkyl carbamates (subject to hydrolysis) is 1. The topological polar surface area (TPSA) is 50.4 Å². The van der Waals surface area contributed by atoms with Gasteiger partial charge in [-0.2, -0.15) is 0 Å². The third-order valence-electron chi connectivity index (χ3n) is 4.07. The fraction of sp³-hybridized carbons (Fsp3) is 0.944. The molecular weight excluding hydrogens is 276 g/mol. The van der Waals surface area contributed by atoms with Crippen LogP contribution >= 0.6 is 0 Å². The summed E-state index contributed by atoms with van der Waals surface area (Å²) in [4.78, 5) is 11.9. The summed E-state index contributed by atoms with van der Waals surface area (Å²) in [5, 5.41) is 6.62. The Kier molecular flexibility index (Phi) is 8.23. The summed E-state index contributed by atoms with van der Waals surface area (Å²) in [5.74, 6) is 0.618. The maximum absolute atomic E-state index is 11.9. The third kappa shape index (κ3) is 9.29. The zero-order valence-corrected chi connectivity index (χ0v) is 15.2. The molecule has 0 heterocycles. The number of unbranched alkanes of at least 4 members (excludes halogenated alkanes) is 3. The Labute approximate surface area is 136 Å². The van der Waals surface area contributed by atoms with Gasteiger partial charge in [0.25, 0.3) is 0 Å². The molecule has 0 radical (unpaired) electrons. The first kappa shape index (κ1) is 19.3. The Morgan fingerprint density at radius 1 is 1.23 bits per heavy atom. The number of rotatable bonds is 10. The predicted molar refractivity (Wildman–Crippen MR) is 92.1 cm³/mol. The number of hydrogen-bond acceptors (Lipinski definition) is 3. The van der Waals surface area contributed by atoms with Gasteiger partial charge in [0, 0.05) is 18.6 Å². The molecule has 0 aromatic carbocycles. The molecule has 1 rings (SSSR count). The van der Waals surface area contributed by atoms with Gasteiger partial charge in [-0.05, 0) is 52.9 Å². The largest absolute Gasteiger partial charge is 0.444 e. The average molecular weight is 312 g/mol. The van der Waals surface area contributed by atoms with E-state index in [1.165, 1.54) is 44.9 Å². The first-order valence-electron chi connectivity index (χ1n) is 9.04. The molecule has 4 nitrogen and oxygen atoms in total. The van der Waals surface area contributed by atoms with E-state index < -0.39 is 5.60 Å². The van der Waals surface area contributed by atoms with E-state index >= 15 is 0 Å². The minimum Gasteiger partial charge on any atom is -0.444 e. The molecule has 0 spiro atoms. The molecule has 0 aromatic rings. The van der Waals surface area contributed by atoms with Gasteiger partial charge in [-0.3, -0.25) is 0 Å². The molecular formula is C18H36N2O2. The van der Waals surface area contributed by atoms with Crippen molar-refractivity contribution in [3.63, 3.8) is 0 Å². The molecule has 0 aromatic heterocycles. The second kappa shape index (κ2) is 9.39. The van der Waals surface area contributed by atoms with Gasteiger partial charge in [0.2, 0.25) is 0 Å². The van der Waals surface area contributed by atoms with Gasteiger partial charge < -0.3 is 15.4 Å². The van der Waals surface area contributed by atoms with Gasteiger partial charge >= 0.3 is 6.09 Å². The normalized spacial score (nSPS) is 17.9.